The highest BCUT2D eigenvalue weighted by molar-refractivity contribution is 6.00. The zero-order valence-corrected chi connectivity index (χ0v) is 64.8. The number of allylic oxidation sites excluding steroid dienone is 2. The largest absolute Gasteiger partial charge is 0.466 e. The van der Waals surface area contributed by atoms with Crippen LogP contribution in [0.5, 0.6) is 0 Å². The van der Waals surface area contributed by atoms with Crippen molar-refractivity contribution in [1.82, 2.24) is 5.32 Å². The summed E-state index contributed by atoms with van der Waals surface area (Å²) in [6, 6.07) is 3.62. The van der Waals surface area contributed by atoms with Gasteiger partial charge in [-0.05, 0) is 45.6 Å². The molecule has 2 heterocycles. The number of ether oxygens (including phenoxy) is 6. The van der Waals surface area contributed by atoms with E-state index in [-0.39, 0.29) is 50.4 Å². The molecule has 1 N–H and O–H groups in total. The molecule has 0 bridgehead atoms. The van der Waals surface area contributed by atoms with E-state index in [1.807, 2.05) is 36.1 Å². The molecule has 2 atom stereocenters. The van der Waals surface area contributed by atoms with E-state index in [1.54, 1.807) is 13.8 Å². The number of nitrogens with zero attached hydrogens (tertiary/aromatic N) is 1. The fraction of sp³-hybridized carbons (Fsp3) is 0.824. The SMILES string of the molecule is CCCCCCCCCCCCCCCOC(=O)CC(COC(=O)C1=C(C)NC(C)=C(C(=O)OCC(CC(=O)OCCCCCCCCCCCCCCC)C(=O)OCCCCCCCCCCCCCCC)C1c1ccc[n+](C)c1)C(=O)OCCCCCCCCCCCCCCC. The Balaban J connectivity index is 2.20. The third-order valence-corrected chi connectivity index (χ3v) is 19.8. The molecule has 0 saturated carbocycles. The molecular formula is C85H149N2O12+. The topological polar surface area (TPSA) is 174 Å². The summed E-state index contributed by atoms with van der Waals surface area (Å²) in [5.74, 6) is -7.30. The number of carbonyl (C=O) groups is 6. The number of aryl methyl sites for hydroxylation is 1. The summed E-state index contributed by atoms with van der Waals surface area (Å²) in [4.78, 5) is 84.5. The normalized spacial score (nSPS) is 13.7. The van der Waals surface area contributed by atoms with Gasteiger partial charge in [0.2, 0.25) is 0 Å². The summed E-state index contributed by atoms with van der Waals surface area (Å²) in [6.45, 7) is 12.4. The Kier molecular flexibility index (Phi) is 58.5. The lowest BCUT2D eigenvalue weighted by molar-refractivity contribution is -0.671. The fourth-order valence-electron chi connectivity index (χ4n) is 13.5. The number of dihydropyridines is 1. The molecular weight excluding hydrogens is 1240 g/mol. The first-order chi connectivity index (χ1) is 48.4. The van der Waals surface area contributed by atoms with Gasteiger partial charge in [0.1, 0.15) is 32.1 Å². The number of unbranched alkanes of at least 4 members (excludes halogenated alkanes) is 48. The molecule has 14 heteroatoms. The maximum absolute atomic E-state index is 14.8. The minimum atomic E-state index is -1.13. The Bertz CT molecular complexity index is 2150. The highest BCUT2D eigenvalue weighted by Gasteiger charge is 2.40. The number of hydrogen-bond donors (Lipinski definition) is 1. The van der Waals surface area contributed by atoms with Crippen molar-refractivity contribution in [3.05, 3.63) is 52.6 Å². The average molecular weight is 1390 g/mol. The predicted octanol–water partition coefficient (Wildman–Crippen LogP) is 22.4. The van der Waals surface area contributed by atoms with Gasteiger partial charge in [-0.3, -0.25) is 19.2 Å². The maximum Gasteiger partial charge on any atom is 0.336 e. The predicted molar refractivity (Wildman–Crippen MR) is 404 cm³/mol. The molecule has 2 unspecified atom stereocenters. The number of esters is 6. The van der Waals surface area contributed by atoms with Crippen molar-refractivity contribution < 1.29 is 61.8 Å². The Labute approximate surface area is 605 Å². The Hall–Kier alpha value is -4.75. The molecule has 0 amide bonds. The average Bonchev–Trinajstić information content (AvgIpc) is 0.769. The van der Waals surface area contributed by atoms with Crippen molar-refractivity contribution >= 4 is 35.8 Å². The van der Waals surface area contributed by atoms with Gasteiger partial charge in [0.25, 0.3) is 0 Å². The van der Waals surface area contributed by atoms with Gasteiger partial charge in [0.05, 0.1) is 56.3 Å². The highest BCUT2D eigenvalue weighted by atomic mass is 16.6. The van der Waals surface area contributed by atoms with Gasteiger partial charge >= 0.3 is 35.8 Å². The Morgan fingerprint density at radius 2 is 0.596 bits per heavy atom. The molecule has 1 aliphatic heterocycles. The molecule has 570 valence electrons. The highest BCUT2D eigenvalue weighted by Crippen LogP contribution is 2.39. The molecule has 99 heavy (non-hydrogen) atoms. The molecule has 0 aromatic carbocycles. The summed E-state index contributed by atoms with van der Waals surface area (Å²) < 4.78 is 36.9. The third-order valence-electron chi connectivity index (χ3n) is 19.8. The molecule has 0 radical (unpaired) electrons. The molecule has 0 spiro atoms. The quantitative estimate of drug-likeness (QED) is 0.0283. The number of rotatable bonds is 69. The van der Waals surface area contributed by atoms with E-state index in [1.165, 1.54) is 231 Å². The molecule has 1 aromatic heterocycles. The van der Waals surface area contributed by atoms with E-state index in [9.17, 15) is 28.8 Å². The van der Waals surface area contributed by atoms with E-state index in [0.29, 0.717) is 29.8 Å². The van der Waals surface area contributed by atoms with Crippen LogP contribution >= 0.6 is 0 Å². The van der Waals surface area contributed by atoms with Crippen LogP contribution in [0.1, 0.15) is 400 Å². The van der Waals surface area contributed by atoms with E-state index >= 15 is 0 Å². The van der Waals surface area contributed by atoms with Gasteiger partial charge < -0.3 is 33.7 Å². The summed E-state index contributed by atoms with van der Waals surface area (Å²) in [6.07, 6.45) is 65.0. The second-order valence-electron chi connectivity index (χ2n) is 29.2. The van der Waals surface area contributed by atoms with Gasteiger partial charge in [-0.25, -0.2) is 14.2 Å². The van der Waals surface area contributed by atoms with E-state index in [4.69, 9.17) is 28.4 Å². The molecule has 2 rings (SSSR count). The molecule has 14 nitrogen and oxygen atoms in total. The van der Waals surface area contributed by atoms with Crippen LogP contribution in [0.4, 0.5) is 0 Å². The van der Waals surface area contributed by atoms with Crippen molar-refractivity contribution in [2.24, 2.45) is 18.9 Å². The van der Waals surface area contributed by atoms with Gasteiger partial charge in [0, 0.05) is 23.0 Å². The first-order valence-corrected chi connectivity index (χ1v) is 41.5. The van der Waals surface area contributed by atoms with Crippen LogP contribution in [0.2, 0.25) is 0 Å². The van der Waals surface area contributed by atoms with Crippen LogP contribution in [0.3, 0.4) is 0 Å². The number of hydrogen-bond acceptors (Lipinski definition) is 13. The molecule has 0 aliphatic carbocycles. The van der Waals surface area contributed by atoms with Gasteiger partial charge in [0.15, 0.2) is 12.4 Å². The van der Waals surface area contributed by atoms with Gasteiger partial charge in [-0.2, -0.15) is 0 Å². The third kappa shape index (κ3) is 48.0. The minimum absolute atomic E-state index is 0.105. The van der Waals surface area contributed by atoms with Crippen LogP contribution < -0.4 is 9.88 Å². The first kappa shape index (κ1) is 90.3. The van der Waals surface area contributed by atoms with E-state index in [0.717, 1.165) is 89.9 Å². The monoisotopic (exact) mass is 1390 g/mol. The number of pyridine rings is 1. The Morgan fingerprint density at radius 3 is 0.848 bits per heavy atom. The maximum atomic E-state index is 14.8. The standard InChI is InChI=1S/C85H148N2O12/c1-8-12-16-20-24-28-32-36-40-44-48-52-56-63-94-77(88)67-75(82(90)96-65-58-54-50-46-42-38-34-30-26-22-18-14-10-3)70-98-84(92)79-72(5)86-73(6)80(81(79)74-61-60-62-87(7)69-74)85(93)99-71-76(83(91)97-66-59-55-51-47-43-39-35-31-27-23-19-15-11-4)68-78(89)95-64-57-53-49-45-41-37-33-29-25-21-17-13-9-2/h60-62,69,75-76,81H,8-59,63-68,70-71H2,1-7H3/p+1. The minimum Gasteiger partial charge on any atom is -0.466 e. The van der Waals surface area contributed by atoms with Crippen molar-refractivity contribution in [3.8, 4) is 0 Å². The van der Waals surface area contributed by atoms with Crippen molar-refractivity contribution in [1.29, 1.82) is 0 Å². The zero-order valence-electron chi connectivity index (χ0n) is 64.8. The second-order valence-corrected chi connectivity index (χ2v) is 29.2. The molecule has 0 saturated heterocycles. The lowest BCUT2D eigenvalue weighted by atomic mass is 9.81. The van der Waals surface area contributed by atoms with Gasteiger partial charge in [-0.1, -0.05) is 336 Å². The van der Waals surface area contributed by atoms with Crippen LogP contribution in [-0.2, 0) is 64.2 Å². The Morgan fingerprint density at radius 1 is 0.354 bits per heavy atom. The summed E-state index contributed by atoms with van der Waals surface area (Å²) in [5, 5.41) is 3.22. The van der Waals surface area contributed by atoms with Crippen molar-refractivity contribution in [2.75, 3.05) is 39.6 Å². The summed E-state index contributed by atoms with van der Waals surface area (Å²) in [7, 11) is 1.84. The number of aromatic nitrogens is 1. The summed E-state index contributed by atoms with van der Waals surface area (Å²) in [5.41, 5.74) is 1.63. The van der Waals surface area contributed by atoms with Crippen LogP contribution in [0.25, 0.3) is 0 Å². The second kappa shape index (κ2) is 64.1. The molecule has 1 aliphatic rings. The van der Waals surface area contributed by atoms with Crippen molar-refractivity contribution in [3.63, 3.8) is 0 Å². The summed E-state index contributed by atoms with van der Waals surface area (Å²) >= 11 is 0. The number of nitrogens with one attached hydrogen (secondary N) is 1. The van der Waals surface area contributed by atoms with Crippen LogP contribution in [-0.4, -0.2) is 75.5 Å². The van der Waals surface area contributed by atoms with Crippen LogP contribution in [0.15, 0.2) is 47.1 Å². The lowest BCUT2D eigenvalue weighted by Crippen LogP contribution is -2.36. The van der Waals surface area contributed by atoms with E-state index in [2.05, 4.69) is 33.0 Å². The van der Waals surface area contributed by atoms with E-state index < -0.39 is 66.8 Å². The lowest BCUT2D eigenvalue weighted by Gasteiger charge is -2.30. The fourth-order valence-corrected chi connectivity index (χ4v) is 13.5. The molecule has 1 aromatic rings. The molecule has 0 fully saturated rings. The van der Waals surface area contributed by atoms with Crippen LogP contribution in [0, 0.1) is 11.8 Å². The zero-order chi connectivity index (χ0) is 71.9. The smallest absolute Gasteiger partial charge is 0.336 e. The van der Waals surface area contributed by atoms with Gasteiger partial charge in [-0.15, -0.1) is 0 Å². The first-order valence-electron chi connectivity index (χ1n) is 41.5. The van der Waals surface area contributed by atoms with Crippen molar-refractivity contribution in [2.45, 2.75) is 394 Å². The number of carbonyl (C=O) groups excluding carboxylic acids is 6.